The predicted octanol–water partition coefficient (Wildman–Crippen LogP) is 6.55. The number of nitrogens with zero attached hydrogens (tertiary/aromatic N) is 5. The fourth-order valence-corrected chi connectivity index (χ4v) is 3.42. The van der Waals surface area contributed by atoms with E-state index in [1.807, 2.05) is 48.8 Å². The van der Waals surface area contributed by atoms with E-state index in [1.165, 1.54) is 16.7 Å². The number of pyridine rings is 3. The van der Waals surface area contributed by atoms with E-state index in [0.717, 1.165) is 53.0 Å². The molecule has 4 heterocycles. The molecular weight excluding hydrogens is 394 g/mol. The highest BCUT2D eigenvalue weighted by atomic mass is 15.3. The average molecular weight is 428 g/mol. The quantitative estimate of drug-likeness (QED) is 0.327. The molecule has 0 unspecified atom stereocenters. The summed E-state index contributed by atoms with van der Waals surface area (Å²) in [7, 11) is 0. The average Bonchev–Trinajstić information content (AvgIpc) is 3.25. The van der Waals surface area contributed by atoms with Gasteiger partial charge in [0.2, 0.25) is 0 Å². The van der Waals surface area contributed by atoms with E-state index < -0.39 is 0 Å². The fraction of sp³-hybridized carbons (Fsp3) is 0.333. The van der Waals surface area contributed by atoms with Crippen LogP contribution in [0.4, 0.5) is 0 Å². The first kappa shape index (κ1) is 23.3. The third-order valence-corrected chi connectivity index (χ3v) is 5.63. The third kappa shape index (κ3) is 5.28. The fourth-order valence-electron chi connectivity index (χ4n) is 3.42. The molecule has 0 aliphatic heterocycles. The molecule has 5 nitrogen and oxygen atoms in total. The van der Waals surface area contributed by atoms with Crippen molar-refractivity contribution in [3.8, 4) is 0 Å². The minimum absolute atomic E-state index is 0.747. The van der Waals surface area contributed by atoms with Gasteiger partial charge >= 0.3 is 0 Å². The number of hydrogen-bond acceptors (Lipinski definition) is 4. The Morgan fingerprint density at radius 1 is 1.00 bits per heavy atom. The second kappa shape index (κ2) is 10.8. The van der Waals surface area contributed by atoms with E-state index >= 15 is 0 Å². The third-order valence-electron chi connectivity index (χ3n) is 5.63. The zero-order valence-corrected chi connectivity index (χ0v) is 20.1. The van der Waals surface area contributed by atoms with Gasteiger partial charge in [-0.05, 0) is 69.5 Å². The van der Waals surface area contributed by atoms with Crippen molar-refractivity contribution in [3.05, 3.63) is 82.6 Å². The molecule has 0 aliphatic carbocycles. The van der Waals surface area contributed by atoms with E-state index in [1.54, 1.807) is 6.20 Å². The first-order valence-corrected chi connectivity index (χ1v) is 11.4. The topological polar surface area (TPSA) is 56.0 Å². The van der Waals surface area contributed by atoms with Crippen LogP contribution < -0.4 is 0 Å². The standard InChI is InChI=1S/C25H27N5.C2H6/c1-5-17(2)18(3)8-11-21-19(4)14-16-30-25(21)28-24(29-30)13-10-20-9-12-22-23(27-20)7-6-15-26-22;1-2/h6-9,11-12,14-16H,5,10,13H2,1-4H3;1-2H3/b11-8-,18-17+;. The Balaban J connectivity index is 0.00000141. The Morgan fingerprint density at radius 3 is 2.59 bits per heavy atom. The van der Waals surface area contributed by atoms with Crippen molar-refractivity contribution in [1.82, 2.24) is 24.6 Å². The lowest BCUT2D eigenvalue weighted by molar-refractivity contribution is 0.823. The zero-order chi connectivity index (χ0) is 23.1. The van der Waals surface area contributed by atoms with Crippen LogP contribution in [0.2, 0.25) is 0 Å². The highest BCUT2D eigenvalue weighted by Crippen LogP contribution is 2.19. The molecule has 0 saturated heterocycles. The van der Waals surface area contributed by atoms with Crippen LogP contribution in [0.1, 0.15) is 63.7 Å². The van der Waals surface area contributed by atoms with Crippen molar-refractivity contribution in [2.75, 3.05) is 0 Å². The molecule has 4 aromatic rings. The summed E-state index contributed by atoms with van der Waals surface area (Å²) in [4.78, 5) is 13.9. The van der Waals surface area contributed by atoms with Gasteiger partial charge in [0.15, 0.2) is 11.5 Å². The number of aromatic nitrogens is 5. The maximum atomic E-state index is 4.84. The maximum Gasteiger partial charge on any atom is 0.163 e. The molecule has 0 amide bonds. The molecule has 5 heteroatoms. The Labute approximate surface area is 191 Å². The molecule has 0 radical (unpaired) electrons. The minimum atomic E-state index is 0.747. The number of rotatable bonds is 6. The Morgan fingerprint density at radius 2 is 1.81 bits per heavy atom. The lowest BCUT2D eigenvalue weighted by atomic mass is 10.1. The molecule has 0 aromatic carbocycles. The van der Waals surface area contributed by atoms with Crippen molar-refractivity contribution in [1.29, 1.82) is 0 Å². The molecule has 0 saturated carbocycles. The zero-order valence-electron chi connectivity index (χ0n) is 20.1. The van der Waals surface area contributed by atoms with Gasteiger partial charge in [-0.15, -0.1) is 0 Å². The summed E-state index contributed by atoms with van der Waals surface area (Å²) in [6, 6.07) is 10.1. The summed E-state index contributed by atoms with van der Waals surface area (Å²) in [5, 5.41) is 4.69. The summed E-state index contributed by atoms with van der Waals surface area (Å²) in [5.74, 6) is 0.834. The normalized spacial score (nSPS) is 12.2. The van der Waals surface area contributed by atoms with Crippen molar-refractivity contribution in [2.45, 2.75) is 60.8 Å². The predicted molar refractivity (Wildman–Crippen MR) is 134 cm³/mol. The molecule has 4 aromatic heterocycles. The highest BCUT2D eigenvalue weighted by molar-refractivity contribution is 5.73. The second-order valence-electron chi connectivity index (χ2n) is 7.70. The summed E-state index contributed by atoms with van der Waals surface area (Å²) < 4.78 is 1.88. The van der Waals surface area contributed by atoms with Gasteiger partial charge in [-0.2, -0.15) is 5.10 Å². The maximum absolute atomic E-state index is 4.84. The molecule has 32 heavy (non-hydrogen) atoms. The van der Waals surface area contributed by atoms with Crippen LogP contribution in [0.5, 0.6) is 0 Å². The number of fused-ring (bicyclic) bond motifs is 2. The van der Waals surface area contributed by atoms with E-state index in [2.05, 4.69) is 56.0 Å². The SMILES string of the molecule is CC.CC/C(C)=C(C)/C=C\c1c(C)ccn2nc(CCc3ccc4ncccc4n3)nc12. The Bertz CT molecular complexity index is 1260. The monoisotopic (exact) mass is 427 g/mol. The van der Waals surface area contributed by atoms with Gasteiger partial charge in [0.25, 0.3) is 0 Å². The lowest BCUT2D eigenvalue weighted by Gasteiger charge is -2.03. The number of hydrogen-bond donors (Lipinski definition) is 0. The van der Waals surface area contributed by atoms with Gasteiger partial charge in [0.1, 0.15) is 0 Å². The van der Waals surface area contributed by atoms with Crippen molar-refractivity contribution < 1.29 is 0 Å². The number of aryl methyl sites for hydroxylation is 3. The van der Waals surface area contributed by atoms with Crippen LogP contribution in [-0.4, -0.2) is 24.6 Å². The van der Waals surface area contributed by atoms with Crippen LogP contribution >= 0.6 is 0 Å². The van der Waals surface area contributed by atoms with Gasteiger partial charge in [-0.3, -0.25) is 9.97 Å². The molecule has 4 rings (SSSR count). The first-order chi connectivity index (χ1) is 15.5. The molecule has 0 spiro atoms. The van der Waals surface area contributed by atoms with E-state index in [0.29, 0.717) is 0 Å². The van der Waals surface area contributed by atoms with Crippen LogP contribution in [0.3, 0.4) is 0 Å². The van der Waals surface area contributed by atoms with E-state index in [9.17, 15) is 0 Å². The van der Waals surface area contributed by atoms with Gasteiger partial charge < -0.3 is 0 Å². The second-order valence-corrected chi connectivity index (χ2v) is 7.70. The summed E-state index contributed by atoms with van der Waals surface area (Å²) in [5.41, 5.74) is 8.79. The molecule has 0 aliphatic rings. The molecule has 0 fully saturated rings. The Kier molecular flexibility index (Phi) is 7.87. The highest BCUT2D eigenvalue weighted by Gasteiger charge is 2.10. The van der Waals surface area contributed by atoms with Crippen molar-refractivity contribution in [2.24, 2.45) is 0 Å². The Hall–Kier alpha value is -3.34. The van der Waals surface area contributed by atoms with Crippen molar-refractivity contribution >= 4 is 22.8 Å². The molecule has 0 atom stereocenters. The largest absolute Gasteiger partial charge is 0.255 e. The van der Waals surface area contributed by atoms with Crippen LogP contribution in [0.15, 0.2) is 59.9 Å². The molecule has 166 valence electrons. The molecule has 0 bridgehead atoms. The minimum Gasteiger partial charge on any atom is -0.255 e. The van der Waals surface area contributed by atoms with Crippen LogP contribution in [0.25, 0.3) is 22.8 Å². The molecule has 0 N–H and O–H groups in total. The first-order valence-electron chi connectivity index (χ1n) is 11.4. The number of allylic oxidation sites excluding steroid dienone is 3. The van der Waals surface area contributed by atoms with E-state index in [4.69, 9.17) is 9.97 Å². The summed E-state index contributed by atoms with van der Waals surface area (Å²) in [6.07, 6.45) is 10.7. The van der Waals surface area contributed by atoms with E-state index in [-0.39, 0.29) is 0 Å². The summed E-state index contributed by atoms with van der Waals surface area (Å²) in [6.45, 7) is 12.6. The van der Waals surface area contributed by atoms with Gasteiger partial charge in [-0.25, -0.2) is 9.50 Å². The summed E-state index contributed by atoms with van der Waals surface area (Å²) >= 11 is 0. The van der Waals surface area contributed by atoms with Gasteiger partial charge in [-0.1, -0.05) is 44.1 Å². The van der Waals surface area contributed by atoms with Crippen molar-refractivity contribution in [3.63, 3.8) is 0 Å². The molecular formula is C27H33N5. The lowest BCUT2D eigenvalue weighted by Crippen LogP contribution is -1.97. The van der Waals surface area contributed by atoms with Gasteiger partial charge in [0.05, 0.1) is 11.0 Å². The van der Waals surface area contributed by atoms with Gasteiger partial charge in [0, 0.05) is 30.1 Å². The van der Waals surface area contributed by atoms with Crippen LogP contribution in [0, 0.1) is 6.92 Å². The van der Waals surface area contributed by atoms with Crippen LogP contribution in [-0.2, 0) is 12.8 Å². The smallest absolute Gasteiger partial charge is 0.163 e.